The van der Waals surface area contributed by atoms with Crippen LogP contribution in [0.1, 0.15) is 17.0 Å². The molecule has 0 unspecified atom stereocenters. The van der Waals surface area contributed by atoms with Gasteiger partial charge in [-0.1, -0.05) is 60.7 Å². The van der Waals surface area contributed by atoms with Crippen molar-refractivity contribution in [3.8, 4) is 5.75 Å². The Bertz CT molecular complexity index is 781. The molecule has 0 aliphatic heterocycles. The molecule has 2 heteroatoms. The van der Waals surface area contributed by atoms with Gasteiger partial charge in [-0.2, -0.15) is 0 Å². The van der Waals surface area contributed by atoms with E-state index < -0.39 is 0 Å². The molecule has 23 heavy (non-hydrogen) atoms. The van der Waals surface area contributed by atoms with E-state index in [9.17, 15) is 0 Å². The van der Waals surface area contributed by atoms with E-state index in [1.165, 1.54) is 21.9 Å². The molecule has 3 aromatic carbocycles. The molecule has 118 valence electrons. The summed E-state index contributed by atoms with van der Waals surface area (Å²) in [5, 5.41) is 5.92. The Labute approximate surface area is 138 Å². The van der Waals surface area contributed by atoms with E-state index in [0.29, 0.717) is 5.92 Å². The van der Waals surface area contributed by atoms with Crippen LogP contribution in [-0.4, -0.2) is 20.7 Å². The highest BCUT2D eigenvalue weighted by Gasteiger charge is 2.14. The summed E-state index contributed by atoms with van der Waals surface area (Å²) >= 11 is 0. The molecule has 0 saturated heterocycles. The largest absolute Gasteiger partial charge is 0.496 e. The van der Waals surface area contributed by atoms with Gasteiger partial charge < -0.3 is 10.1 Å². The Kier molecular flexibility index (Phi) is 4.94. The van der Waals surface area contributed by atoms with Crippen molar-refractivity contribution in [1.82, 2.24) is 5.32 Å². The standard InChI is InChI=1S/C21H23NO/c1-22-15-20(14-19-9-5-6-10-21(19)23-2)18-12-11-16-7-3-4-8-17(16)13-18/h3-13,20,22H,14-15H2,1-2H3/t20-/m1/s1. The summed E-state index contributed by atoms with van der Waals surface area (Å²) in [6.07, 6.45) is 0.962. The van der Waals surface area contributed by atoms with Crippen molar-refractivity contribution < 1.29 is 4.74 Å². The molecule has 3 rings (SSSR count). The van der Waals surface area contributed by atoms with Crippen LogP contribution in [0.25, 0.3) is 10.8 Å². The number of hydrogen-bond donors (Lipinski definition) is 1. The van der Waals surface area contributed by atoms with Crippen LogP contribution in [0.15, 0.2) is 66.7 Å². The highest BCUT2D eigenvalue weighted by Crippen LogP contribution is 2.28. The van der Waals surface area contributed by atoms with Crippen molar-refractivity contribution in [2.45, 2.75) is 12.3 Å². The van der Waals surface area contributed by atoms with Gasteiger partial charge in [-0.15, -0.1) is 0 Å². The minimum atomic E-state index is 0.418. The summed E-state index contributed by atoms with van der Waals surface area (Å²) < 4.78 is 5.51. The number of para-hydroxylation sites is 1. The van der Waals surface area contributed by atoms with Gasteiger partial charge in [0.2, 0.25) is 0 Å². The van der Waals surface area contributed by atoms with Gasteiger partial charge in [0.15, 0.2) is 0 Å². The Balaban J connectivity index is 1.93. The number of ether oxygens (including phenoxy) is 1. The zero-order valence-electron chi connectivity index (χ0n) is 13.8. The molecule has 2 nitrogen and oxygen atoms in total. The van der Waals surface area contributed by atoms with Gasteiger partial charge in [0, 0.05) is 12.5 Å². The van der Waals surface area contributed by atoms with Crippen molar-refractivity contribution in [1.29, 1.82) is 0 Å². The van der Waals surface area contributed by atoms with E-state index in [-0.39, 0.29) is 0 Å². The average molecular weight is 305 g/mol. The molecule has 0 aliphatic rings. The van der Waals surface area contributed by atoms with Crippen LogP contribution >= 0.6 is 0 Å². The number of fused-ring (bicyclic) bond motifs is 1. The SMILES string of the molecule is CNC[C@@H](Cc1ccccc1OC)c1ccc2ccccc2c1. The number of likely N-dealkylation sites (N-methyl/N-ethyl adjacent to an activating group) is 1. The second-order valence-electron chi connectivity index (χ2n) is 5.88. The first-order valence-corrected chi connectivity index (χ1v) is 8.07. The second kappa shape index (κ2) is 7.30. The third-order valence-corrected chi connectivity index (χ3v) is 4.35. The summed E-state index contributed by atoms with van der Waals surface area (Å²) in [7, 11) is 3.75. The molecule has 0 bridgehead atoms. The van der Waals surface area contributed by atoms with E-state index in [4.69, 9.17) is 4.74 Å². The van der Waals surface area contributed by atoms with Gasteiger partial charge in [0.05, 0.1) is 7.11 Å². The molecular formula is C21H23NO. The van der Waals surface area contributed by atoms with Gasteiger partial charge in [0.1, 0.15) is 5.75 Å². The van der Waals surface area contributed by atoms with E-state index in [1.807, 2.05) is 19.2 Å². The lowest BCUT2D eigenvalue weighted by molar-refractivity contribution is 0.407. The molecule has 0 amide bonds. The van der Waals surface area contributed by atoms with Crippen LogP contribution in [0.3, 0.4) is 0 Å². The smallest absolute Gasteiger partial charge is 0.122 e. The Morgan fingerprint density at radius 3 is 2.43 bits per heavy atom. The number of rotatable bonds is 6. The van der Waals surface area contributed by atoms with Crippen molar-refractivity contribution in [3.05, 3.63) is 77.9 Å². The third-order valence-electron chi connectivity index (χ3n) is 4.35. The van der Waals surface area contributed by atoms with Crippen LogP contribution in [0, 0.1) is 0 Å². The highest BCUT2D eigenvalue weighted by atomic mass is 16.5. The number of benzene rings is 3. The molecule has 0 heterocycles. The number of methoxy groups -OCH3 is 1. The van der Waals surface area contributed by atoms with Crippen LogP contribution < -0.4 is 10.1 Å². The molecule has 0 saturated carbocycles. The fourth-order valence-corrected chi connectivity index (χ4v) is 3.15. The predicted molar refractivity (Wildman–Crippen MR) is 97.3 cm³/mol. The lowest BCUT2D eigenvalue weighted by Crippen LogP contribution is -2.19. The maximum absolute atomic E-state index is 5.51. The molecular weight excluding hydrogens is 282 g/mol. The first-order chi connectivity index (χ1) is 11.3. The lowest BCUT2D eigenvalue weighted by atomic mass is 9.90. The quantitative estimate of drug-likeness (QED) is 0.729. The third kappa shape index (κ3) is 3.54. The minimum absolute atomic E-state index is 0.418. The van der Waals surface area contributed by atoms with Gasteiger partial charge in [-0.05, 0) is 41.4 Å². The summed E-state index contributed by atoms with van der Waals surface area (Å²) in [4.78, 5) is 0. The van der Waals surface area contributed by atoms with Crippen molar-refractivity contribution >= 4 is 10.8 Å². The normalized spacial score (nSPS) is 12.3. The average Bonchev–Trinajstić information content (AvgIpc) is 2.61. The monoisotopic (exact) mass is 305 g/mol. The topological polar surface area (TPSA) is 21.3 Å². The Hall–Kier alpha value is -2.32. The van der Waals surface area contributed by atoms with Crippen molar-refractivity contribution in [3.63, 3.8) is 0 Å². The molecule has 0 fully saturated rings. The number of hydrogen-bond acceptors (Lipinski definition) is 2. The van der Waals surface area contributed by atoms with Crippen LogP contribution in [0.5, 0.6) is 5.75 Å². The fraction of sp³-hybridized carbons (Fsp3) is 0.238. The highest BCUT2D eigenvalue weighted by molar-refractivity contribution is 5.83. The molecule has 0 radical (unpaired) electrons. The predicted octanol–water partition coefficient (Wildman–Crippen LogP) is 4.39. The molecule has 1 N–H and O–H groups in total. The first kappa shape index (κ1) is 15.6. The van der Waals surface area contributed by atoms with E-state index in [1.54, 1.807) is 7.11 Å². The van der Waals surface area contributed by atoms with Crippen LogP contribution in [0.4, 0.5) is 0 Å². The summed E-state index contributed by atoms with van der Waals surface area (Å²) in [6, 6.07) is 23.6. The van der Waals surface area contributed by atoms with Crippen molar-refractivity contribution in [2.75, 3.05) is 20.7 Å². The zero-order chi connectivity index (χ0) is 16.1. The van der Waals surface area contributed by atoms with Gasteiger partial charge in [0.25, 0.3) is 0 Å². The second-order valence-corrected chi connectivity index (χ2v) is 5.88. The number of nitrogens with one attached hydrogen (secondary N) is 1. The molecule has 0 aliphatic carbocycles. The molecule has 3 aromatic rings. The van der Waals surface area contributed by atoms with E-state index >= 15 is 0 Å². The zero-order valence-corrected chi connectivity index (χ0v) is 13.8. The van der Waals surface area contributed by atoms with Crippen LogP contribution in [-0.2, 0) is 6.42 Å². The molecule has 0 spiro atoms. The van der Waals surface area contributed by atoms with E-state index in [0.717, 1.165) is 18.7 Å². The Morgan fingerprint density at radius 1 is 0.913 bits per heavy atom. The lowest BCUT2D eigenvalue weighted by Gasteiger charge is -2.19. The van der Waals surface area contributed by atoms with Gasteiger partial charge in [-0.25, -0.2) is 0 Å². The van der Waals surface area contributed by atoms with Gasteiger partial charge in [-0.3, -0.25) is 0 Å². The summed E-state index contributed by atoms with van der Waals surface area (Å²) in [5.41, 5.74) is 2.62. The summed E-state index contributed by atoms with van der Waals surface area (Å²) in [5.74, 6) is 1.38. The maximum atomic E-state index is 5.51. The van der Waals surface area contributed by atoms with E-state index in [2.05, 4.69) is 59.9 Å². The fourth-order valence-electron chi connectivity index (χ4n) is 3.15. The first-order valence-electron chi connectivity index (χ1n) is 8.07. The Morgan fingerprint density at radius 2 is 1.65 bits per heavy atom. The summed E-state index contributed by atoms with van der Waals surface area (Å²) in [6.45, 7) is 0.941. The van der Waals surface area contributed by atoms with Gasteiger partial charge >= 0.3 is 0 Å². The van der Waals surface area contributed by atoms with Crippen molar-refractivity contribution in [2.24, 2.45) is 0 Å². The van der Waals surface area contributed by atoms with Crippen LogP contribution in [0.2, 0.25) is 0 Å². The molecule has 0 aromatic heterocycles. The molecule has 1 atom stereocenters. The minimum Gasteiger partial charge on any atom is -0.496 e. The maximum Gasteiger partial charge on any atom is 0.122 e.